The molecule has 4 rings (SSSR count). The highest BCUT2D eigenvalue weighted by atomic mass is 35.5. The fraction of sp³-hybridized carbons (Fsp3) is 0.292. The van der Waals surface area contributed by atoms with Gasteiger partial charge >= 0.3 is 0 Å². The minimum absolute atomic E-state index is 0.119. The summed E-state index contributed by atoms with van der Waals surface area (Å²) in [4.78, 5) is 34.5. The second kappa shape index (κ2) is 9.44. The number of aryl methyl sites for hydroxylation is 2. The maximum atomic E-state index is 12.8. The number of nitrogens with zero attached hydrogens (tertiary/aromatic N) is 4. The number of benzene rings is 2. The van der Waals surface area contributed by atoms with E-state index in [0.717, 1.165) is 18.7 Å². The molecular formula is C24H26ClN5O2. The van der Waals surface area contributed by atoms with Crippen molar-refractivity contribution in [2.75, 3.05) is 41.3 Å². The van der Waals surface area contributed by atoms with Gasteiger partial charge in [-0.15, -0.1) is 0 Å². The maximum Gasteiger partial charge on any atom is 0.255 e. The number of amides is 1. The molecule has 32 heavy (non-hydrogen) atoms. The summed E-state index contributed by atoms with van der Waals surface area (Å²) in [6.07, 6.45) is 0. The summed E-state index contributed by atoms with van der Waals surface area (Å²) in [6.45, 7) is 6.61. The van der Waals surface area contributed by atoms with Gasteiger partial charge in [-0.25, -0.2) is 4.98 Å². The van der Waals surface area contributed by atoms with Crippen molar-refractivity contribution in [1.29, 1.82) is 0 Å². The molecule has 0 aliphatic carbocycles. The van der Waals surface area contributed by atoms with E-state index in [1.165, 1.54) is 16.3 Å². The van der Waals surface area contributed by atoms with E-state index in [0.29, 0.717) is 35.4 Å². The van der Waals surface area contributed by atoms with E-state index in [1.807, 2.05) is 31.2 Å². The van der Waals surface area contributed by atoms with Crippen LogP contribution in [-0.2, 0) is 11.3 Å². The van der Waals surface area contributed by atoms with Crippen LogP contribution in [0.5, 0.6) is 0 Å². The van der Waals surface area contributed by atoms with Crippen molar-refractivity contribution in [3.63, 3.8) is 0 Å². The van der Waals surface area contributed by atoms with E-state index >= 15 is 0 Å². The Kier molecular flexibility index (Phi) is 6.46. The third kappa shape index (κ3) is 4.94. The fourth-order valence-electron chi connectivity index (χ4n) is 3.81. The summed E-state index contributed by atoms with van der Waals surface area (Å²) >= 11 is 6.16. The predicted molar refractivity (Wildman–Crippen MR) is 129 cm³/mol. The quantitative estimate of drug-likeness (QED) is 0.643. The van der Waals surface area contributed by atoms with Crippen LogP contribution < -0.4 is 20.7 Å². The van der Waals surface area contributed by atoms with Crippen LogP contribution in [0.1, 0.15) is 11.3 Å². The zero-order chi connectivity index (χ0) is 22.7. The molecular weight excluding hydrogens is 426 g/mol. The molecule has 166 valence electrons. The van der Waals surface area contributed by atoms with Crippen LogP contribution in [0.15, 0.2) is 59.4 Å². The number of nitrogens with one attached hydrogen (secondary N) is 1. The first kappa shape index (κ1) is 21.9. The van der Waals surface area contributed by atoms with Crippen LogP contribution in [0.2, 0.25) is 5.02 Å². The number of anilines is 3. The largest absolute Gasteiger partial charge is 0.368 e. The first-order valence-corrected chi connectivity index (χ1v) is 11.0. The lowest BCUT2D eigenvalue weighted by atomic mass is 10.2. The number of para-hydroxylation sites is 1. The normalized spacial score (nSPS) is 13.8. The summed E-state index contributed by atoms with van der Waals surface area (Å²) in [5.74, 6) is 0.224. The zero-order valence-electron chi connectivity index (χ0n) is 18.2. The lowest BCUT2D eigenvalue weighted by molar-refractivity contribution is -0.116. The highest BCUT2D eigenvalue weighted by molar-refractivity contribution is 6.31. The Morgan fingerprint density at radius 1 is 1.00 bits per heavy atom. The number of hydrogen-bond acceptors (Lipinski definition) is 5. The zero-order valence-corrected chi connectivity index (χ0v) is 19.0. The van der Waals surface area contributed by atoms with Crippen molar-refractivity contribution in [2.45, 2.75) is 20.4 Å². The molecule has 1 aliphatic heterocycles. The van der Waals surface area contributed by atoms with Crippen LogP contribution in [0.25, 0.3) is 0 Å². The standard InChI is InChI=1S/C24H26ClN5O2/c1-17-8-9-19(15-21(17)25)27-22(31)16-30-23(32)14-18(2)26-24(30)29-12-10-28(11-13-29)20-6-4-3-5-7-20/h3-9,14-15H,10-13,16H2,1-2H3,(H,27,31). The number of piperazine rings is 1. The summed E-state index contributed by atoms with van der Waals surface area (Å²) < 4.78 is 1.44. The second-order valence-electron chi connectivity index (χ2n) is 7.94. The van der Waals surface area contributed by atoms with Crippen molar-refractivity contribution in [1.82, 2.24) is 9.55 Å². The van der Waals surface area contributed by atoms with Gasteiger partial charge in [0.1, 0.15) is 6.54 Å². The van der Waals surface area contributed by atoms with E-state index in [2.05, 4.69) is 32.2 Å². The van der Waals surface area contributed by atoms with Gasteiger partial charge in [0.15, 0.2) is 0 Å². The molecule has 1 amide bonds. The first-order chi connectivity index (χ1) is 15.4. The Bertz CT molecular complexity index is 1170. The number of aromatic nitrogens is 2. The molecule has 0 spiro atoms. The van der Waals surface area contributed by atoms with Gasteiger partial charge in [0.05, 0.1) is 0 Å². The topological polar surface area (TPSA) is 70.5 Å². The Morgan fingerprint density at radius 2 is 1.69 bits per heavy atom. The molecule has 2 aromatic carbocycles. The van der Waals surface area contributed by atoms with Crippen LogP contribution in [0.4, 0.5) is 17.3 Å². The van der Waals surface area contributed by atoms with Gasteiger partial charge in [-0.3, -0.25) is 14.2 Å². The van der Waals surface area contributed by atoms with Gasteiger partial charge in [0, 0.05) is 54.3 Å². The average Bonchev–Trinajstić information content (AvgIpc) is 2.79. The Balaban J connectivity index is 1.50. The molecule has 1 aliphatic rings. The predicted octanol–water partition coefficient (Wildman–Crippen LogP) is 3.48. The maximum absolute atomic E-state index is 12.8. The van der Waals surface area contributed by atoms with Gasteiger partial charge in [0.25, 0.3) is 5.56 Å². The Labute approximate surface area is 192 Å². The van der Waals surface area contributed by atoms with E-state index in [1.54, 1.807) is 19.1 Å². The van der Waals surface area contributed by atoms with E-state index in [4.69, 9.17) is 11.6 Å². The highest BCUT2D eigenvalue weighted by Crippen LogP contribution is 2.21. The molecule has 8 heteroatoms. The smallest absolute Gasteiger partial charge is 0.255 e. The molecule has 2 heterocycles. The van der Waals surface area contributed by atoms with Gasteiger partial charge in [0.2, 0.25) is 11.9 Å². The van der Waals surface area contributed by atoms with Crippen LogP contribution in [0, 0.1) is 13.8 Å². The molecule has 0 saturated carbocycles. The molecule has 1 N–H and O–H groups in total. The number of carbonyl (C=O) groups is 1. The monoisotopic (exact) mass is 451 g/mol. The van der Waals surface area contributed by atoms with Gasteiger partial charge < -0.3 is 15.1 Å². The van der Waals surface area contributed by atoms with E-state index in [9.17, 15) is 9.59 Å². The van der Waals surface area contributed by atoms with Crippen LogP contribution >= 0.6 is 11.6 Å². The summed E-state index contributed by atoms with van der Waals surface area (Å²) in [5, 5.41) is 3.40. The van der Waals surface area contributed by atoms with Crippen LogP contribution in [0.3, 0.4) is 0 Å². The molecule has 1 aromatic heterocycles. The summed E-state index contributed by atoms with van der Waals surface area (Å²) in [7, 11) is 0. The molecule has 0 unspecified atom stereocenters. The van der Waals surface area contributed by atoms with Crippen molar-refractivity contribution < 1.29 is 4.79 Å². The Morgan fingerprint density at radius 3 is 2.38 bits per heavy atom. The molecule has 3 aromatic rings. The average molecular weight is 452 g/mol. The summed E-state index contributed by atoms with van der Waals surface area (Å²) in [5.41, 5.74) is 3.10. The molecule has 1 fully saturated rings. The van der Waals surface area contributed by atoms with Crippen molar-refractivity contribution in [3.8, 4) is 0 Å². The Hall–Kier alpha value is -3.32. The first-order valence-electron chi connectivity index (χ1n) is 10.6. The minimum Gasteiger partial charge on any atom is -0.368 e. The number of halogens is 1. The van der Waals surface area contributed by atoms with Gasteiger partial charge in [-0.2, -0.15) is 0 Å². The van der Waals surface area contributed by atoms with Gasteiger partial charge in [-0.05, 0) is 43.7 Å². The number of carbonyl (C=O) groups excluding carboxylic acids is 1. The number of hydrogen-bond donors (Lipinski definition) is 1. The molecule has 7 nitrogen and oxygen atoms in total. The highest BCUT2D eigenvalue weighted by Gasteiger charge is 2.22. The molecule has 0 atom stereocenters. The van der Waals surface area contributed by atoms with E-state index in [-0.39, 0.29) is 18.0 Å². The number of rotatable bonds is 5. The minimum atomic E-state index is -0.304. The lowest BCUT2D eigenvalue weighted by Crippen LogP contribution is -2.48. The molecule has 0 bridgehead atoms. The van der Waals surface area contributed by atoms with E-state index < -0.39 is 0 Å². The SMILES string of the molecule is Cc1cc(=O)n(CC(=O)Nc2ccc(C)c(Cl)c2)c(N2CCN(c3ccccc3)CC2)n1. The molecule has 0 radical (unpaired) electrons. The third-order valence-corrected chi connectivity index (χ3v) is 5.96. The van der Waals surface area contributed by atoms with Crippen molar-refractivity contribution in [3.05, 3.63) is 81.2 Å². The van der Waals surface area contributed by atoms with Crippen LogP contribution in [-0.4, -0.2) is 41.6 Å². The fourth-order valence-corrected chi connectivity index (χ4v) is 3.99. The molecule has 1 saturated heterocycles. The third-order valence-electron chi connectivity index (χ3n) is 5.56. The second-order valence-corrected chi connectivity index (χ2v) is 8.35. The summed E-state index contributed by atoms with van der Waals surface area (Å²) in [6, 6.07) is 17.0. The van der Waals surface area contributed by atoms with Crippen molar-refractivity contribution in [2.24, 2.45) is 0 Å². The van der Waals surface area contributed by atoms with Gasteiger partial charge in [-0.1, -0.05) is 35.9 Å². The van der Waals surface area contributed by atoms with Crippen molar-refractivity contribution >= 4 is 34.8 Å². The lowest BCUT2D eigenvalue weighted by Gasteiger charge is -2.37.